The van der Waals surface area contributed by atoms with Gasteiger partial charge in [-0.1, -0.05) is 36.4 Å². The lowest BCUT2D eigenvalue weighted by Gasteiger charge is -2.15. The van der Waals surface area contributed by atoms with E-state index in [2.05, 4.69) is 16.0 Å². The molecule has 1 aliphatic heterocycles. The first-order valence-electron chi connectivity index (χ1n) is 8.76. The number of nitrogens with one attached hydrogen (secondary N) is 3. The van der Waals surface area contributed by atoms with Gasteiger partial charge in [0.05, 0.1) is 11.3 Å². The Balaban J connectivity index is 1.67. The molecule has 0 aliphatic carbocycles. The third-order valence-electron chi connectivity index (χ3n) is 4.66. The van der Waals surface area contributed by atoms with E-state index in [0.717, 1.165) is 22.5 Å². The fourth-order valence-electron chi connectivity index (χ4n) is 3.21. The number of aryl methyl sites for hydroxylation is 1. The van der Waals surface area contributed by atoms with Crippen LogP contribution >= 0.6 is 0 Å². The lowest BCUT2D eigenvalue weighted by Crippen LogP contribution is -2.17. The topological polar surface area (TPSA) is 70.2 Å². The van der Waals surface area contributed by atoms with Crippen LogP contribution in [-0.2, 0) is 6.54 Å². The molecule has 0 saturated carbocycles. The predicted octanol–water partition coefficient (Wildman–Crippen LogP) is 4.23. The fraction of sp³-hybridized carbons (Fsp3) is 0.0909. The smallest absolute Gasteiger partial charge is 0.255 e. The van der Waals surface area contributed by atoms with Crippen LogP contribution in [0, 0.1) is 6.92 Å². The lowest BCUT2D eigenvalue weighted by atomic mass is 10.0. The van der Waals surface area contributed by atoms with Gasteiger partial charge in [-0.15, -0.1) is 0 Å². The zero-order valence-corrected chi connectivity index (χ0v) is 14.9. The van der Waals surface area contributed by atoms with Gasteiger partial charge in [-0.25, -0.2) is 0 Å². The van der Waals surface area contributed by atoms with E-state index in [1.54, 1.807) is 30.3 Å². The molecule has 1 heterocycles. The molecule has 3 aromatic carbocycles. The van der Waals surface area contributed by atoms with Crippen molar-refractivity contribution in [1.29, 1.82) is 0 Å². The highest BCUT2D eigenvalue weighted by Crippen LogP contribution is 2.33. The molecule has 2 amide bonds. The van der Waals surface area contributed by atoms with Crippen LogP contribution in [0.2, 0.25) is 0 Å². The maximum Gasteiger partial charge on any atom is 0.255 e. The number of amides is 2. The summed E-state index contributed by atoms with van der Waals surface area (Å²) >= 11 is 0. The second-order valence-electron chi connectivity index (χ2n) is 6.46. The van der Waals surface area contributed by atoms with Crippen molar-refractivity contribution in [3.05, 3.63) is 89.0 Å². The number of carbonyl (C=O) groups is 2. The van der Waals surface area contributed by atoms with Crippen molar-refractivity contribution in [2.24, 2.45) is 0 Å². The summed E-state index contributed by atoms with van der Waals surface area (Å²) in [5.41, 5.74) is 5.39. The summed E-state index contributed by atoms with van der Waals surface area (Å²) in [6, 6.07) is 20.6. The molecule has 0 radical (unpaired) electrons. The molecule has 5 nitrogen and oxygen atoms in total. The number of anilines is 3. The van der Waals surface area contributed by atoms with E-state index >= 15 is 0 Å². The average Bonchev–Trinajstić information content (AvgIpc) is 3.08. The first-order chi connectivity index (χ1) is 13.1. The van der Waals surface area contributed by atoms with Crippen LogP contribution in [0.4, 0.5) is 17.1 Å². The van der Waals surface area contributed by atoms with Crippen LogP contribution in [0.3, 0.4) is 0 Å². The van der Waals surface area contributed by atoms with Gasteiger partial charge in [0.2, 0.25) is 0 Å². The molecule has 0 saturated heterocycles. The summed E-state index contributed by atoms with van der Waals surface area (Å²) < 4.78 is 0. The van der Waals surface area contributed by atoms with Crippen molar-refractivity contribution in [2.45, 2.75) is 13.5 Å². The Labute approximate surface area is 157 Å². The molecule has 27 heavy (non-hydrogen) atoms. The van der Waals surface area contributed by atoms with Gasteiger partial charge in [-0.2, -0.15) is 0 Å². The van der Waals surface area contributed by atoms with E-state index in [1.165, 1.54) is 0 Å². The summed E-state index contributed by atoms with van der Waals surface area (Å²) in [6.45, 7) is 2.46. The minimum Gasteiger partial charge on any atom is -0.355 e. The third-order valence-corrected chi connectivity index (χ3v) is 4.66. The lowest BCUT2D eigenvalue weighted by molar-refractivity contribution is 0.0966. The zero-order valence-electron chi connectivity index (χ0n) is 14.9. The van der Waals surface area contributed by atoms with E-state index in [0.29, 0.717) is 23.4 Å². The second kappa shape index (κ2) is 6.96. The van der Waals surface area contributed by atoms with Gasteiger partial charge in [0.1, 0.15) is 0 Å². The largest absolute Gasteiger partial charge is 0.355 e. The van der Waals surface area contributed by atoms with Gasteiger partial charge in [-0.05, 0) is 42.8 Å². The summed E-state index contributed by atoms with van der Waals surface area (Å²) in [5, 5.41) is 9.11. The Kier molecular flexibility index (Phi) is 4.34. The first-order valence-corrected chi connectivity index (χ1v) is 8.76. The number of hydrogen-bond acceptors (Lipinski definition) is 3. The molecular weight excluding hydrogens is 338 g/mol. The van der Waals surface area contributed by atoms with Crippen LogP contribution in [-0.4, -0.2) is 11.8 Å². The van der Waals surface area contributed by atoms with Gasteiger partial charge in [-0.3, -0.25) is 9.59 Å². The molecule has 0 atom stereocenters. The Bertz CT molecular complexity index is 1030. The standard InChI is InChI=1S/C22H19N3O2/c1-14-7-5-6-10-17(14)24-18-11-12-19(20-16(18)13-23-22(20)27)25-21(26)15-8-3-2-4-9-15/h2-12,24H,13H2,1H3,(H,23,27)(H,25,26). The summed E-state index contributed by atoms with van der Waals surface area (Å²) in [6.07, 6.45) is 0. The molecule has 0 unspecified atom stereocenters. The highest BCUT2D eigenvalue weighted by atomic mass is 16.2. The molecule has 4 rings (SSSR count). The Hall–Kier alpha value is -3.60. The maximum absolute atomic E-state index is 12.5. The van der Waals surface area contributed by atoms with E-state index in [4.69, 9.17) is 0 Å². The van der Waals surface area contributed by atoms with Crippen LogP contribution in [0.5, 0.6) is 0 Å². The molecule has 0 bridgehead atoms. The Morgan fingerprint density at radius 3 is 2.37 bits per heavy atom. The van der Waals surface area contributed by atoms with Crippen molar-refractivity contribution in [3.8, 4) is 0 Å². The van der Waals surface area contributed by atoms with E-state index in [9.17, 15) is 9.59 Å². The van der Waals surface area contributed by atoms with Gasteiger partial charge in [0, 0.05) is 29.0 Å². The fourth-order valence-corrected chi connectivity index (χ4v) is 3.21. The number of carbonyl (C=O) groups excluding carboxylic acids is 2. The Morgan fingerprint density at radius 2 is 1.59 bits per heavy atom. The van der Waals surface area contributed by atoms with Gasteiger partial charge in [0.15, 0.2) is 0 Å². The monoisotopic (exact) mass is 357 g/mol. The number of rotatable bonds is 4. The third kappa shape index (κ3) is 3.27. The number of benzene rings is 3. The van der Waals surface area contributed by atoms with Crippen molar-refractivity contribution in [1.82, 2.24) is 5.32 Å². The van der Waals surface area contributed by atoms with E-state index < -0.39 is 0 Å². The van der Waals surface area contributed by atoms with Crippen LogP contribution in [0.15, 0.2) is 66.7 Å². The van der Waals surface area contributed by atoms with E-state index in [-0.39, 0.29) is 11.8 Å². The quantitative estimate of drug-likeness (QED) is 0.654. The molecule has 0 aromatic heterocycles. The SMILES string of the molecule is Cc1ccccc1Nc1ccc(NC(=O)c2ccccc2)c2c1CNC2=O. The van der Waals surface area contributed by atoms with Gasteiger partial charge in [0.25, 0.3) is 11.8 Å². The van der Waals surface area contributed by atoms with Crippen LogP contribution < -0.4 is 16.0 Å². The number of hydrogen-bond donors (Lipinski definition) is 3. The highest BCUT2D eigenvalue weighted by Gasteiger charge is 2.26. The van der Waals surface area contributed by atoms with Crippen molar-refractivity contribution >= 4 is 28.9 Å². The maximum atomic E-state index is 12.5. The normalized spacial score (nSPS) is 12.3. The molecule has 0 spiro atoms. The predicted molar refractivity (Wildman–Crippen MR) is 106 cm³/mol. The van der Waals surface area contributed by atoms with Crippen molar-refractivity contribution < 1.29 is 9.59 Å². The van der Waals surface area contributed by atoms with E-state index in [1.807, 2.05) is 43.3 Å². The summed E-state index contributed by atoms with van der Waals surface area (Å²) in [5.74, 6) is -0.418. The van der Waals surface area contributed by atoms with Crippen LogP contribution in [0.1, 0.15) is 31.8 Å². The molecule has 0 fully saturated rings. The van der Waals surface area contributed by atoms with Crippen LogP contribution in [0.25, 0.3) is 0 Å². The first kappa shape index (κ1) is 16.8. The molecule has 3 N–H and O–H groups in total. The van der Waals surface area contributed by atoms with Crippen molar-refractivity contribution in [2.75, 3.05) is 10.6 Å². The van der Waals surface area contributed by atoms with Gasteiger partial charge < -0.3 is 16.0 Å². The Morgan fingerprint density at radius 1 is 0.889 bits per heavy atom. The molecular formula is C22H19N3O2. The second-order valence-corrected chi connectivity index (χ2v) is 6.46. The zero-order chi connectivity index (χ0) is 18.8. The molecule has 3 aromatic rings. The van der Waals surface area contributed by atoms with Gasteiger partial charge >= 0.3 is 0 Å². The minimum atomic E-state index is -0.239. The molecule has 1 aliphatic rings. The van der Waals surface area contributed by atoms with Crippen molar-refractivity contribution in [3.63, 3.8) is 0 Å². The minimum absolute atomic E-state index is 0.179. The molecule has 134 valence electrons. The summed E-state index contributed by atoms with van der Waals surface area (Å²) in [7, 11) is 0. The molecule has 5 heteroatoms. The number of para-hydroxylation sites is 1. The average molecular weight is 357 g/mol. The summed E-state index contributed by atoms with van der Waals surface area (Å²) in [4.78, 5) is 24.9. The highest BCUT2D eigenvalue weighted by molar-refractivity contribution is 6.11. The number of fused-ring (bicyclic) bond motifs is 1.